The van der Waals surface area contributed by atoms with Crippen molar-refractivity contribution < 1.29 is 13.2 Å². The number of ether oxygens (including phenoxy) is 1. The first-order valence-corrected chi connectivity index (χ1v) is 11.1. The van der Waals surface area contributed by atoms with Gasteiger partial charge in [-0.1, -0.05) is 24.3 Å². The molecule has 0 bridgehead atoms. The van der Waals surface area contributed by atoms with Gasteiger partial charge in [-0.15, -0.1) is 0 Å². The van der Waals surface area contributed by atoms with Crippen LogP contribution in [0, 0.1) is 18.3 Å². The maximum absolute atomic E-state index is 13.2. The predicted octanol–water partition coefficient (Wildman–Crippen LogP) is 4.86. The second-order valence-electron chi connectivity index (χ2n) is 6.80. The van der Waals surface area contributed by atoms with E-state index < -0.39 is 10.0 Å². The summed E-state index contributed by atoms with van der Waals surface area (Å²) >= 11 is 0. The molecule has 0 radical (unpaired) electrons. The van der Waals surface area contributed by atoms with Crippen LogP contribution in [-0.2, 0) is 10.0 Å². The van der Waals surface area contributed by atoms with Gasteiger partial charge >= 0.3 is 0 Å². The average molecular weight is 434 g/mol. The van der Waals surface area contributed by atoms with Gasteiger partial charge in [0, 0.05) is 12.8 Å². The highest BCUT2D eigenvalue weighted by atomic mass is 32.2. The third-order valence-corrected chi connectivity index (χ3v) is 6.57. The van der Waals surface area contributed by atoms with Gasteiger partial charge in [0.2, 0.25) is 0 Å². The van der Waals surface area contributed by atoms with Crippen LogP contribution in [0.25, 0.3) is 0 Å². The number of aryl methyl sites for hydroxylation is 1. The minimum absolute atomic E-state index is 0.0758. The molecule has 0 saturated heterocycles. The number of nitrogens with zero attached hydrogens (tertiary/aromatic N) is 3. The molecular weight excluding hydrogens is 410 g/mol. The molecule has 3 aromatic carbocycles. The summed E-state index contributed by atoms with van der Waals surface area (Å²) < 4.78 is 32.8. The molecule has 7 heteroatoms. The van der Waals surface area contributed by atoms with E-state index in [1.807, 2.05) is 43.3 Å². The van der Waals surface area contributed by atoms with Crippen molar-refractivity contribution in [2.75, 3.05) is 18.0 Å². The van der Waals surface area contributed by atoms with Crippen molar-refractivity contribution in [2.45, 2.75) is 18.2 Å². The lowest BCUT2D eigenvalue weighted by Gasteiger charge is -2.24. The Bertz CT molecular complexity index is 1200. The van der Waals surface area contributed by atoms with Crippen LogP contribution in [0.5, 0.6) is 5.75 Å². The molecule has 6 nitrogen and oxygen atoms in total. The Hall–Kier alpha value is -3.63. The molecule has 0 amide bonds. The maximum Gasteiger partial charge on any atom is 0.264 e. The summed E-state index contributed by atoms with van der Waals surface area (Å²) in [6.07, 6.45) is 1.83. The molecule has 0 aliphatic heterocycles. The molecule has 0 aliphatic rings. The summed E-state index contributed by atoms with van der Waals surface area (Å²) in [6.45, 7) is 1.98. The second kappa shape index (κ2) is 9.92. The highest BCUT2D eigenvalue weighted by Crippen LogP contribution is 2.26. The molecule has 31 heavy (non-hydrogen) atoms. The second-order valence-corrected chi connectivity index (χ2v) is 8.66. The fraction of sp³-hybridized carbons (Fsp3) is 0.167. The van der Waals surface area contributed by atoms with Crippen molar-refractivity contribution >= 4 is 27.6 Å². The first-order chi connectivity index (χ1) is 15.0. The van der Waals surface area contributed by atoms with E-state index in [0.717, 1.165) is 22.6 Å². The van der Waals surface area contributed by atoms with Gasteiger partial charge in [-0.05, 0) is 66.6 Å². The van der Waals surface area contributed by atoms with Gasteiger partial charge in [-0.25, -0.2) is 8.42 Å². The molecule has 0 aromatic heterocycles. The largest absolute Gasteiger partial charge is 0.497 e. The van der Waals surface area contributed by atoms with E-state index in [1.54, 1.807) is 55.8 Å². The normalized spacial score (nSPS) is 11.3. The number of nitriles is 1. The molecule has 0 unspecified atom stereocenters. The molecule has 0 aliphatic carbocycles. The van der Waals surface area contributed by atoms with E-state index in [2.05, 4.69) is 4.99 Å². The topological polar surface area (TPSA) is 82.8 Å². The van der Waals surface area contributed by atoms with E-state index in [9.17, 15) is 8.42 Å². The average Bonchev–Trinajstić information content (AvgIpc) is 2.79. The third kappa shape index (κ3) is 5.30. The van der Waals surface area contributed by atoms with Crippen molar-refractivity contribution in [2.24, 2.45) is 4.99 Å². The van der Waals surface area contributed by atoms with Crippen LogP contribution in [0.4, 0.5) is 11.4 Å². The quantitative estimate of drug-likeness (QED) is 0.475. The van der Waals surface area contributed by atoms with Crippen LogP contribution in [0.1, 0.15) is 17.5 Å². The molecular formula is C24H23N3O3S. The SMILES string of the molecule is COc1ccc(N=Cc2ccc(N(CCC#N)S(=O)(=O)c3ccccc3)cc2C)cc1. The maximum atomic E-state index is 13.2. The third-order valence-electron chi connectivity index (χ3n) is 4.72. The van der Waals surface area contributed by atoms with Crippen LogP contribution < -0.4 is 9.04 Å². The summed E-state index contributed by atoms with van der Waals surface area (Å²) in [7, 11) is -2.17. The van der Waals surface area contributed by atoms with E-state index in [0.29, 0.717) is 5.69 Å². The van der Waals surface area contributed by atoms with Crippen molar-refractivity contribution in [3.8, 4) is 11.8 Å². The van der Waals surface area contributed by atoms with E-state index in [4.69, 9.17) is 10.00 Å². The van der Waals surface area contributed by atoms with Crippen molar-refractivity contribution in [1.82, 2.24) is 0 Å². The highest BCUT2D eigenvalue weighted by molar-refractivity contribution is 7.92. The Morgan fingerprint density at radius 3 is 2.39 bits per heavy atom. The van der Waals surface area contributed by atoms with E-state index in [-0.39, 0.29) is 17.9 Å². The molecule has 3 aromatic rings. The summed E-state index contributed by atoms with van der Waals surface area (Å²) in [4.78, 5) is 4.67. The fourth-order valence-electron chi connectivity index (χ4n) is 3.03. The van der Waals surface area contributed by atoms with Gasteiger partial charge in [-0.3, -0.25) is 9.30 Å². The lowest BCUT2D eigenvalue weighted by atomic mass is 10.1. The number of benzene rings is 3. The smallest absolute Gasteiger partial charge is 0.264 e. The molecule has 3 rings (SSSR count). The van der Waals surface area contributed by atoms with Gasteiger partial charge in [0.05, 0.1) is 35.9 Å². The predicted molar refractivity (Wildman–Crippen MR) is 123 cm³/mol. The number of aliphatic imine (C=N–C) groups is 1. The van der Waals surface area contributed by atoms with Gasteiger partial charge in [-0.2, -0.15) is 5.26 Å². The number of anilines is 1. The number of hydrogen-bond acceptors (Lipinski definition) is 5. The van der Waals surface area contributed by atoms with Gasteiger partial charge in [0.15, 0.2) is 0 Å². The van der Waals surface area contributed by atoms with Crippen molar-refractivity contribution in [3.63, 3.8) is 0 Å². The number of hydrogen-bond donors (Lipinski definition) is 0. The first kappa shape index (κ1) is 22.1. The molecule has 0 heterocycles. The summed E-state index contributed by atoms with van der Waals surface area (Å²) in [5, 5.41) is 9.01. The summed E-state index contributed by atoms with van der Waals surface area (Å²) in [6, 6.07) is 23.0. The number of rotatable bonds is 8. The van der Waals surface area contributed by atoms with Crippen LogP contribution in [0.15, 0.2) is 82.7 Å². The van der Waals surface area contributed by atoms with E-state index in [1.165, 1.54) is 4.31 Å². The monoisotopic (exact) mass is 433 g/mol. The van der Waals surface area contributed by atoms with Crippen LogP contribution >= 0.6 is 0 Å². The summed E-state index contributed by atoms with van der Waals surface area (Å²) in [5.74, 6) is 0.761. The Kier molecular flexibility index (Phi) is 7.06. The molecule has 158 valence electrons. The minimum Gasteiger partial charge on any atom is -0.497 e. The molecule has 0 saturated carbocycles. The summed E-state index contributed by atoms with van der Waals surface area (Å²) in [5.41, 5.74) is 3.04. The fourth-order valence-corrected chi connectivity index (χ4v) is 4.51. The van der Waals surface area contributed by atoms with Gasteiger partial charge in [0.25, 0.3) is 10.0 Å². The van der Waals surface area contributed by atoms with Crippen LogP contribution in [0.2, 0.25) is 0 Å². The number of sulfonamides is 1. The zero-order chi connectivity index (χ0) is 22.3. The zero-order valence-corrected chi connectivity index (χ0v) is 18.2. The Morgan fingerprint density at radius 2 is 1.77 bits per heavy atom. The lowest BCUT2D eigenvalue weighted by molar-refractivity contribution is 0.415. The van der Waals surface area contributed by atoms with Crippen molar-refractivity contribution in [1.29, 1.82) is 5.26 Å². The minimum atomic E-state index is -3.78. The van der Waals surface area contributed by atoms with E-state index >= 15 is 0 Å². The van der Waals surface area contributed by atoms with Crippen molar-refractivity contribution in [3.05, 3.63) is 83.9 Å². The first-order valence-electron chi connectivity index (χ1n) is 9.69. The van der Waals surface area contributed by atoms with Gasteiger partial charge in [0.1, 0.15) is 5.75 Å². The standard InChI is InChI=1S/C24H23N3O3S/c1-19-17-22(12-9-20(19)18-26-21-10-13-23(30-2)14-11-21)27(16-6-15-25)31(28,29)24-7-4-3-5-8-24/h3-5,7-14,17-18H,6,16H2,1-2H3. The Labute approximate surface area is 183 Å². The van der Waals surface area contributed by atoms with Crippen LogP contribution in [0.3, 0.4) is 0 Å². The molecule has 0 atom stereocenters. The Balaban J connectivity index is 1.90. The zero-order valence-electron chi connectivity index (χ0n) is 17.4. The van der Waals surface area contributed by atoms with Gasteiger partial charge < -0.3 is 4.74 Å². The molecule has 0 N–H and O–H groups in total. The number of methoxy groups -OCH3 is 1. The Morgan fingerprint density at radius 1 is 1.06 bits per heavy atom. The van der Waals surface area contributed by atoms with Crippen LogP contribution in [-0.4, -0.2) is 28.3 Å². The molecule has 0 fully saturated rings. The molecule has 0 spiro atoms. The lowest BCUT2D eigenvalue weighted by Crippen LogP contribution is -2.32. The highest BCUT2D eigenvalue weighted by Gasteiger charge is 2.24.